The van der Waals surface area contributed by atoms with Crippen LogP contribution in [0.5, 0.6) is 0 Å². The molecule has 1 aromatic heterocycles. The molecule has 1 aromatic rings. The predicted octanol–water partition coefficient (Wildman–Crippen LogP) is 3.22. The summed E-state index contributed by atoms with van der Waals surface area (Å²) < 4.78 is 6.54. The SMILES string of the molecule is Brc1cccc(NCCC2CCCCO2)n1. The number of pyridine rings is 1. The van der Waals surface area contributed by atoms with Crippen molar-refractivity contribution in [3.63, 3.8) is 0 Å². The van der Waals surface area contributed by atoms with E-state index in [1.165, 1.54) is 19.3 Å². The molecular formula is C12H17BrN2O. The normalized spacial score (nSPS) is 20.7. The van der Waals surface area contributed by atoms with Crippen LogP contribution in [0.3, 0.4) is 0 Å². The molecule has 0 amide bonds. The minimum absolute atomic E-state index is 0.438. The highest BCUT2D eigenvalue weighted by molar-refractivity contribution is 9.10. The first kappa shape index (κ1) is 11.9. The fourth-order valence-corrected chi connectivity index (χ4v) is 2.25. The Kier molecular flexibility index (Phi) is 4.60. The van der Waals surface area contributed by atoms with Gasteiger partial charge in [0.25, 0.3) is 0 Å². The maximum atomic E-state index is 5.67. The van der Waals surface area contributed by atoms with Gasteiger partial charge in [0, 0.05) is 13.2 Å². The third-order valence-electron chi connectivity index (χ3n) is 2.76. The van der Waals surface area contributed by atoms with Crippen LogP contribution in [0.25, 0.3) is 0 Å². The first-order valence-corrected chi connectivity index (χ1v) is 6.62. The molecule has 1 fully saturated rings. The molecule has 16 heavy (non-hydrogen) atoms. The van der Waals surface area contributed by atoms with Crippen LogP contribution in [0.2, 0.25) is 0 Å². The molecular weight excluding hydrogens is 268 g/mol. The molecule has 2 heterocycles. The number of aromatic nitrogens is 1. The van der Waals surface area contributed by atoms with Crippen molar-refractivity contribution in [1.29, 1.82) is 0 Å². The van der Waals surface area contributed by atoms with Crippen LogP contribution in [-0.2, 0) is 4.74 Å². The second kappa shape index (κ2) is 6.21. The average Bonchev–Trinajstić information content (AvgIpc) is 2.30. The smallest absolute Gasteiger partial charge is 0.127 e. The summed E-state index contributed by atoms with van der Waals surface area (Å²) in [7, 11) is 0. The van der Waals surface area contributed by atoms with Gasteiger partial charge in [-0.05, 0) is 53.7 Å². The van der Waals surface area contributed by atoms with Gasteiger partial charge >= 0.3 is 0 Å². The Morgan fingerprint density at radius 3 is 3.12 bits per heavy atom. The van der Waals surface area contributed by atoms with Crippen LogP contribution >= 0.6 is 15.9 Å². The third kappa shape index (κ3) is 3.76. The molecule has 1 N–H and O–H groups in total. The van der Waals surface area contributed by atoms with Crippen molar-refractivity contribution in [2.45, 2.75) is 31.8 Å². The summed E-state index contributed by atoms with van der Waals surface area (Å²) in [5.41, 5.74) is 0. The van der Waals surface area contributed by atoms with Gasteiger partial charge in [0.1, 0.15) is 10.4 Å². The molecule has 0 radical (unpaired) electrons. The molecule has 1 unspecified atom stereocenters. The maximum absolute atomic E-state index is 5.67. The zero-order valence-corrected chi connectivity index (χ0v) is 10.9. The quantitative estimate of drug-likeness (QED) is 0.862. The van der Waals surface area contributed by atoms with Gasteiger partial charge in [-0.25, -0.2) is 4.98 Å². The average molecular weight is 285 g/mol. The number of hydrogen-bond donors (Lipinski definition) is 1. The van der Waals surface area contributed by atoms with Gasteiger partial charge in [0.15, 0.2) is 0 Å². The zero-order valence-electron chi connectivity index (χ0n) is 9.29. The van der Waals surface area contributed by atoms with Crippen LogP contribution in [0.15, 0.2) is 22.8 Å². The van der Waals surface area contributed by atoms with Crippen molar-refractivity contribution in [2.75, 3.05) is 18.5 Å². The number of halogens is 1. The van der Waals surface area contributed by atoms with Crippen molar-refractivity contribution in [2.24, 2.45) is 0 Å². The van der Waals surface area contributed by atoms with E-state index in [-0.39, 0.29) is 0 Å². The molecule has 0 aliphatic carbocycles. The molecule has 0 saturated carbocycles. The van der Waals surface area contributed by atoms with Gasteiger partial charge in [-0.15, -0.1) is 0 Å². The summed E-state index contributed by atoms with van der Waals surface area (Å²) >= 11 is 3.35. The minimum atomic E-state index is 0.438. The Bertz CT molecular complexity index is 327. The first-order valence-electron chi connectivity index (χ1n) is 5.82. The van der Waals surface area contributed by atoms with E-state index in [4.69, 9.17) is 4.74 Å². The molecule has 0 aromatic carbocycles. The Hall–Kier alpha value is -0.610. The van der Waals surface area contributed by atoms with Crippen LogP contribution in [-0.4, -0.2) is 24.2 Å². The van der Waals surface area contributed by atoms with Crippen LogP contribution in [0, 0.1) is 0 Å². The lowest BCUT2D eigenvalue weighted by molar-refractivity contribution is 0.0134. The summed E-state index contributed by atoms with van der Waals surface area (Å²) in [4.78, 5) is 4.32. The second-order valence-electron chi connectivity index (χ2n) is 4.05. The fourth-order valence-electron chi connectivity index (χ4n) is 1.90. The number of nitrogens with zero attached hydrogens (tertiary/aromatic N) is 1. The van der Waals surface area contributed by atoms with Crippen molar-refractivity contribution in [1.82, 2.24) is 4.98 Å². The molecule has 3 nitrogen and oxygen atoms in total. The monoisotopic (exact) mass is 284 g/mol. The van der Waals surface area contributed by atoms with E-state index in [1.807, 2.05) is 18.2 Å². The summed E-state index contributed by atoms with van der Waals surface area (Å²) in [5.74, 6) is 0.921. The maximum Gasteiger partial charge on any atom is 0.127 e. The van der Waals surface area contributed by atoms with Crippen molar-refractivity contribution in [3.8, 4) is 0 Å². The van der Waals surface area contributed by atoms with Crippen LogP contribution in [0.1, 0.15) is 25.7 Å². The van der Waals surface area contributed by atoms with Crippen molar-refractivity contribution < 1.29 is 4.74 Å². The second-order valence-corrected chi connectivity index (χ2v) is 4.86. The Labute approximate surface area is 105 Å². The molecule has 1 aliphatic heterocycles. The molecule has 1 atom stereocenters. The number of hydrogen-bond acceptors (Lipinski definition) is 3. The van der Waals surface area contributed by atoms with Crippen LogP contribution in [0.4, 0.5) is 5.82 Å². The summed E-state index contributed by atoms with van der Waals surface area (Å²) in [6, 6.07) is 5.89. The fraction of sp³-hybridized carbons (Fsp3) is 0.583. The van der Waals surface area contributed by atoms with Gasteiger partial charge in [-0.2, -0.15) is 0 Å². The van der Waals surface area contributed by atoms with E-state index in [9.17, 15) is 0 Å². The highest BCUT2D eigenvalue weighted by atomic mass is 79.9. The summed E-state index contributed by atoms with van der Waals surface area (Å²) in [6.07, 6.45) is 5.23. The Morgan fingerprint density at radius 1 is 1.44 bits per heavy atom. The van der Waals surface area contributed by atoms with Gasteiger partial charge < -0.3 is 10.1 Å². The molecule has 0 bridgehead atoms. The summed E-state index contributed by atoms with van der Waals surface area (Å²) in [6.45, 7) is 1.86. The van der Waals surface area contributed by atoms with Crippen molar-refractivity contribution >= 4 is 21.7 Å². The topological polar surface area (TPSA) is 34.1 Å². The zero-order chi connectivity index (χ0) is 11.2. The molecule has 88 valence electrons. The lowest BCUT2D eigenvalue weighted by Gasteiger charge is -2.22. The lowest BCUT2D eigenvalue weighted by atomic mass is 10.1. The lowest BCUT2D eigenvalue weighted by Crippen LogP contribution is -2.22. The van der Waals surface area contributed by atoms with Gasteiger partial charge in [0.05, 0.1) is 6.10 Å². The Balaban J connectivity index is 1.71. The number of rotatable bonds is 4. The van der Waals surface area contributed by atoms with Gasteiger partial charge in [-0.1, -0.05) is 6.07 Å². The number of anilines is 1. The third-order valence-corrected chi connectivity index (χ3v) is 3.20. The Morgan fingerprint density at radius 2 is 2.38 bits per heavy atom. The highest BCUT2D eigenvalue weighted by Crippen LogP contribution is 2.16. The predicted molar refractivity (Wildman–Crippen MR) is 68.6 cm³/mol. The largest absolute Gasteiger partial charge is 0.378 e. The summed E-state index contributed by atoms with van der Waals surface area (Å²) in [5, 5.41) is 3.31. The van der Waals surface area contributed by atoms with E-state index in [0.717, 1.165) is 30.0 Å². The molecule has 4 heteroatoms. The molecule has 1 saturated heterocycles. The number of nitrogens with one attached hydrogen (secondary N) is 1. The van der Waals surface area contributed by atoms with E-state index in [2.05, 4.69) is 26.2 Å². The molecule has 1 aliphatic rings. The first-order chi connectivity index (χ1) is 7.84. The van der Waals surface area contributed by atoms with Gasteiger partial charge in [-0.3, -0.25) is 0 Å². The molecule has 0 spiro atoms. The molecule has 2 rings (SSSR count). The van der Waals surface area contributed by atoms with Crippen molar-refractivity contribution in [3.05, 3.63) is 22.8 Å². The standard InChI is InChI=1S/C12H17BrN2O/c13-11-5-3-6-12(15-11)14-8-7-10-4-1-2-9-16-10/h3,5-6,10H,1-2,4,7-9H2,(H,14,15). The van der Waals surface area contributed by atoms with E-state index in [0.29, 0.717) is 6.10 Å². The van der Waals surface area contributed by atoms with E-state index >= 15 is 0 Å². The van der Waals surface area contributed by atoms with E-state index in [1.54, 1.807) is 0 Å². The van der Waals surface area contributed by atoms with Gasteiger partial charge in [0.2, 0.25) is 0 Å². The highest BCUT2D eigenvalue weighted by Gasteiger charge is 2.12. The van der Waals surface area contributed by atoms with Crippen LogP contribution < -0.4 is 5.32 Å². The van der Waals surface area contributed by atoms with E-state index < -0.39 is 0 Å². The minimum Gasteiger partial charge on any atom is -0.378 e. The number of ether oxygens (including phenoxy) is 1.